The van der Waals surface area contributed by atoms with E-state index in [1.165, 1.54) is 18.2 Å². The fourth-order valence-electron chi connectivity index (χ4n) is 4.50. The van der Waals surface area contributed by atoms with Gasteiger partial charge in [0.2, 0.25) is 5.91 Å². The van der Waals surface area contributed by atoms with Crippen LogP contribution in [-0.4, -0.2) is 42.5 Å². The van der Waals surface area contributed by atoms with Crippen molar-refractivity contribution in [2.75, 3.05) is 30.9 Å². The van der Waals surface area contributed by atoms with E-state index in [1.807, 2.05) is 32.3 Å². The van der Waals surface area contributed by atoms with Crippen LogP contribution < -0.4 is 15.5 Å². The van der Waals surface area contributed by atoms with Gasteiger partial charge < -0.3 is 15.5 Å². The number of para-hydroxylation sites is 1. The van der Waals surface area contributed by atoms with E-state index in [2.05, 4.69) is 27.7 Å². The van der Waals surface area contributed by atoms with Crippen LogP contribution in [0.5, 0.6) is 0 Å². The molecule has 0 bridgehead atoms. The summed E-state index contributed by atoms with van der Waals surface area (Å²) in [6.07, 6.45) is 7.28. The number of hydrogen-bond donors (Lipinski definition) is 2. The topological polar surface area (TPSA) is 100 Å². The maximum Gasteiger partial charge on any atom is 0.269 e. The SMILES string of the molecule is CN(C)c1cc(N[C@H]2CC[C@@H](CNC(=O)/C=C/c3ccc([N+](=O)[O-])cc3)CC2)nc2ccccc12. The lowest BCUT2D eigenvalue weighted by Crippen LogP contribution is -2.33. The van der Waals surface area contributed by atoms with Gasteiger partial charge in [0.25, 0.3) is 5.69 Å². The molecule has 1 aliphatic rings. The summed E-state index contributed by atoms with van der Waals surface area (Å²) in [6, 6.07) is 16.8. The number of carbonyl (C=O) groups excluding carboxylic acids is 1. The predicted octanol–water partition coefficient (Wildman–Crippen LogP) is 5.01. The summed E-state index contributed by atoms with van der Waals surface area (Å²) in [7, 11) is 4.10. The average Bonchev–Trinajstić information content (AvgIpc) is 2.86. The van der Waals surface area contributed by atoms with E-state index in [9.17, 15) is 14.9 Å². The maximum absolute atomic E-state index is 12.2. The summed E-state index contributed by atoms with van der Waals surface area (Å²) in [4.78, 5) is 29.4. The fourth-order valence-corrected chi connectivity index (χ4v) is 4.50. The van der Waals surface area contributed by atoms with Gasteiger partial charge in [-0.2, -0.15) is 0 Å². The van der Waals surface area contributed by atoms with Crippen LogP contribution in [0.1, 0.15) is 31.2 Å². The first-order valence-corrected chi connectivity index (χ1v) is 11.9. The Bertz CT molecular complexity index is 1220. The number of benzene rings is 2. The highest BCUT2D eigenvalue weighted by Gasteiger charge is 2.22. The summed E-state index contributed by atoms with van der Waals surface area (Å²) >= 11 is 0. The molecular weight excluding hydrogens is 442 g/mol. The van der Waals surface area contributed by atoms with Gasteiger partial charge >= 0.3 is 0 Å². The van der Waals surface area contributed by atoms with E-state index in [1.54, 1.807) is 18.2 Å². The summed E-state index contributed by atoms with van der Waals surface area (Å²) in [6.45, 7) is 0.648. The molecule has 1 heterocycles. The zero-order valence-electron chi connectivity index (χ0n) is 20.1. The Balaban J connectivity index is 1.25. The standard InChI is InChI=1S/C27H31N5O3/c1-31(2)25-17-26(30-24-6-4-3-5-23(24)25)29-21-12-7-20(8-13-21)18-28-27(33)16-11-19-9-14-22(15-10-19)32(34)35/h3-6,9-11,14-17,20-21H,7-8,12-13,18H2,1-2H3,(H,28,33)(H,29,30)/b16-11+/t20-,21+. The van der Waals surface area contributed by atoms with E-state index in [4.69, 9.17) is 4.98 Å². The van der Waals surface area contributed by atoms with Crippen LogP contribution in [0.2, 0.25) is 0 Å². The smallest absolute Gasteiger partial charge is 0.269 e. The normalized spacial score (nSPS) is 17.9. The van der Waals surface area contributed by atoms with Crippen LogP contribution >= 0.6 is 0 Å². The van der Waals surface area contributed by atoms with Gasteiger partial charge in [-0.1, -0.05) is 18.2 Å². The number of amides is 1. The quantitative estimate of drug-likeness (QED) is 0.271. The minimum absolute atomic E-state index is 0.0335. The first-order valence-electron chi connectivity index (χ1n) is 11.9. The van der Waals surface area contributed by atoms with Crippen molar-refractivity contribution >= 4 is 40.1 Å². The molecule has 0 saturated heterocycles. The van der Waals surface area contributed by atoms with Gasteiger partial charge in [-0.25, -0.2) is 4.98 Å². The van der Waals surface area contributed by atoms with Crippen LogP contribution in [0, 0.1) is 16.0 Å². The Morgan fingerprint density at radius 3 is 2.51 bits per heavy atom. The van der Waals surface area contributed by atoms with Gasteiger partial charge in [0, 0.05) is 62.0 Å². The second kappa shape index (κ2) is 11.0. The van der Waals surface area contributed by atoms with Crippen LogP contribution in [0.15, 0.2) is 60.7 Å². The first-order chi connectivity index (χ1) is 16.9. The number of non-ortho nitro benzene ring substituents is 1. The van der Waals surface area contributed by atoms with Crippen LogP contribution in [0.4, 0.5) is 17.2 Å². The molecule has 182 valence electrons. The zero-order valence-corrected chi connectivity index (χ0v) is 20.1. The van der Waals surface area contributed by atoms with Crippen molar-refractivity contribution in [2.45, 2.75) is 31.7 Å². The Morgan fingerprint density at radius 1 is 1.11 bits per heavy atom. The fraction of sp³-hybridized carbons (Fsp3) is 0.333. The predicted molar refractivity (Wildman–Crippen MR) is 141 cm³/mol. The lowest BCUT2D eigenvalue weighted by molar-refractivity contribution is -0.384. The molecule has 8 nitrogen and oxygen atoms in total. The van der Waals surface area contributed by atoms with E-state index >= 15 is 0 Å². The monoisotopic (exact) mass is 473 g/mol. The Hall–Kier alpha value is -3.94. The number of carbonyl (C=O) groups is 1. The number of pyridine rings is 1. The highest BCUT2D eigenvalue weighted by molar-refractivity contribution is 5.93. The number of nitrogens with one attached hydrogen (secondary N) is 2. The van der Waals surface area contributed by atoms with Crippen LogP contribution in [0.25, 0.3) is 17.0 Å². The number of aromatic nitrogens is 1. The highest BCUT2D eigenvalue weighted by atomic mass is 16.6. The number of fused-ring (bicyclic) bond motifs is 1. The molecule has 3 aromatic rings. The summed E-state index contributed by atoms with van der Waals surface area (Å²) < 4.78 is 0. The van der Waals surface area contributed by atoms with Crippen molar-refractivity contribution in [3.05, 3.63) is 76.4 Å². The van der Waals surface area contributed by atoms with Crippen molar-refractivity contribution in [2.24, 2.45) is 5.92 Å². The van der Waals surface area contributed by atoms with E-state index in [-0.39, 0.29) is 11.6 Å². The molecule has 0 atom stereocenters. The van der Waals surface area contributed by atoms with E-state index in [0.29, 0.717) is 18.5 Å². The number of nitro benzene ring substituents is 1. The number of hydrogen-bond acceptors (Lipinski definition) is 6. The summed E-state index contributed by atoms with van der Waals surface area (Å²) in [5.74, 6) is 1.20. The van der Waals surface area contributed by atoms with Crippen LogP contribution in [0.3, 0.4) is 0 Å². The Kier molecular flexibility index (Phi) is 7.60. The molecule has 0 aliphatic heterocycles. The first kappa shape index (κ1) is 24.2. The summed E-state index contributed by atoms with van der Waals surface area (Å²) in [5.41, 5.74) is 2.92. The van der Waals surface area contributed by atoms with Gasteiger partial charge in [0.05, 0.1) is 10.4 Å². The zero-order chi connectivity index (χ0) is 24.8. The van der Waals surface area contributed by atoms with E-state index in [0.717, 1.165) is 53.7 Å². The number of nitro groups is 1. The molecule has 8 heteroatoms. The molecule has 0 radical (unpaired) electrons. The molecular formula is C27H31N5O3. The van der Waals surface area contributed by atoms with Crippen molar-refractivity contribution in [3.63, 3.8) is 0 Å². The number of anilines is 2. The number of nitrogens with zero attached hydrogens (tertiary/aromatic N) is 3. The molecule has 1 aliphatic carbocycles. The van der Waals surface area contributed by atoms with Gasteiger partial charge in [-0.15, -0.1) is 0 Å². The molecule has 35 heavy (non-hydrogen) atoms. The minimum atomic E-state index is -0.441. The van der Waals surface area contributed by atoms with Gasteiger partial charge in [-0.3, -0.25) is 14.9 Å². The van der Waals surface area contributed by atoms with Gasteiger partial charge in [-0.05, 0) is 61.4 Å². The minimum Gasteiger partial charge on any atom is -0.377 e. The second-order valence-corrected chi connectivity index (χ2v) is 9.23. The van der Waals surface area contributed by atoms with Gasteiger partial charge in [0.1, 0.15) is 5.82 Å². The Labute approximate surface area is 205 Å². The Morgan fingerprint density at radius 2 is 1.83 bits per heavy atom. The maximum atomic E-state index is 12.2. The third-order valence-corrected chi connectivity index (χ3v) is 6.47. The molecule has 2 aromatic carbocycles. The van der Waals surface area contributed by atoms with Crippen molar-refractivity contribution in [1.82, 2.24) is 10.3 Å². The third kappa shape index (κ3) is 6.35. The highest BCUT2D eigenvalue weighted by Crippen LogP contribution is 2.30. The molecule has 0 unspecified atom stereocenters. The third-order valence-electron chi connectivity index (χ3n) is 6.47. The molecule has 1 fully saturated rings. The van der Waals surface area contributed by atoms with Crippen molar-refractivity contribution in [3.8, 4) is 0 Å². The lowest BCUT2D eigenvalue weighted by Gasteiger charge is -2.30. The molecule has 0 spiro atoms. The van der Waals surface area contributed by atoms with Crippen molar-refractivity contribution < 1.29 is 9.72 Å². The molecule has 1 aromatic heterocycles. The van der Waals surface area contributed by atoms with E-state index < -0.39 is 4.92 Å². The van der Waals surface area contributed by atoms with Gasteiger partial charge in [0.15, 0.2) is 0 Å². The van der Waals surface area contributed by atoms with Crippen molar-refractivity contribution in [1.29, 1.82) is 0 Å². The molecule has 4 rings (SSSR count). The molecule has 2 N–H and O–H groups in total. The molecule has 1 amide bonds. The number of rotatable bonds is 8. The summed E-state index contributed by atoms with van der Waals surface area (Å²) in [5, 5.41) is 18.5. The lowest BCUT2D eigenvalue weighted by atomic mass is 9.86. The largest absolute Gasteiger partial charge is 0.377 e. The second-order valence-electron chi connectivity index (χ2n) is 9.23. The molecule has 1 saturated carbocycles. The average molecular weight is 474 g/mol. The van der Waals surface area contributed by atoms with Crippen LogP contribution in [-0.2, 0) is 4.79 Å².